The molecule has 0 radical (unpaired) electrons. The summed E-state index contributed by atoms with van der Waals surface area (Å²) in [6.45, 7) is 7.26. The van der Waals surface area contributed by atoms with Gasteiger partial charge in [0.2, 0.25) is 0 Å². The van der Waals surface area contributed by atoms with Crippen molar-refractivity contribution in [1.82, 2.24) is 4.57 Å². The van der Waals surface area contributed by atoms with Gasteiger partial charge in [0, 0.05) is 11.8 Å². The second-order valence-corrected chi connectivity index (χ2v) is 9.54. The van der Waals surface area contributed by atoms with E-state index in [4.69, 9.17) is 14.2 Å². The molecule has 1 aliphatic heterocycles. The Morgan fingerprint density at radius 2 is 1.97 bits per heavy atom. The maximum absolute atomic E-state index is 13.6. The number of carbonyl (C=O) groups is 2. The number of fused-ring (bicyclic) bond motifs is 1. The van der Waals surface area contributed by atoms with Crippen molar-refractivity contribution in [2.75, 3.05) is 13.2 Å². The van der Waals surface area contributed by atoms with Crippen LogP contribution < -0.4 is 24.4 Å². The standard InChI is InChI=1S/C25H24N2O6S2/c1-5-31-18-12-16(9-10-17(18)33-15(4)28)13-20-23(29)27-22(19-8-7-11-34-19)21(24(30)32-6-2)14(3)26-25(27)35-20/h7-13,22H,5-6H2,1-4H3/b20-13-/t22-/m0/s1. The number of aromatic nitrogens is 1. The molecule has 3 heterocycles. The average molecular weight is 513 g/mol. The van der Waals surface area contributed by atoms with E-state index in [0.717, 1.165) is 4.88 Å². The minimum absolute atomic E-state index is 0.225. The van der Waals surface area contributed by atoms with E-state index < -0.39 is 18.0 Å². The lowest BCUT2D eigenvalue weighted by atomic mass is 10.0. The van der Waals surface area contributed by atoms with Gasteiger partial charge in [-0.2, -0.15) is 0 Å². The molecule has 0 aliphatic carbocycles. The molecule has 0 saturated heterocycles. The molecule has 0 bridgehead atoms. The van der Waals surface area contributed by atoms with Crippen molar-refractivity contribution in [3.8, 4) is 11.5 Å². The number of esters is 2. The fourth-order valence-corrected chi connectivity index (χ4v) is 5.65. The Bertz CT molecular complexity index is 1480. The molecule has 0 amide bonds. The lowest BCUT2D eigenvalue weighted by Gasteiger charge is -2.23. The van der Waals surface area contributed by atoms with Crippen LogP contribution in [0.25, 0.3) is 6.08 Å². The zero-order valence-corrected chi connectivity index (χ0v) is 21.3. The van der Waals surface area contributed by atoms with Crippen molar-refractivity contribution < 1.29 is 23.8 Å². The fourth-order valence-electron chi connectivity index (χ4n) is 3.78. The first-order chi connectivity index (χ1) is 16.8. The van der Waals surface area contributed by atoms with Crippen molar-refractivity contribution in [1.29, 1.82) is 0 Å². The van der Waals surface area contributed by atoms with Crippen molar-refractivity contribution in [3.63, 3.8) is 0 Å². The molecular formula is C25H24N2O6S2. The molecule has 35 heavy (non-hydrogen) atoms. The van der Waals surface area contributed by atoms with Gasteiger partial charge < -0.3 is 14.2 Å². The van der Waals surface area contributed by atoms with E-state index in [2.05, 4.69) is 4.99 Å². The number of benzene rings is 1. The van der Waals surface area contributed by atoms with Gasteiger partial charge in [0.25, 0.3) is 5.56 Å². The molecule has 10 heteroatoms. The minimum atomic E-state index is -0.613. The molecule has 0 unspecified atom stereocenters. The first kappa shape index (κ1) is 24.6. The average Bonchev–Trinajstić information content (AvgIpc) is 3.43. The van der Waals surface area contributed by atoms with Crippen LogP contribution in [0.5, 0.6) is 11.5 Å². The Balaban J connectivity index is 1.86. The summed E-state index contributed by atoms with van der Waals surface area (Å²) < 4.78 is 18.1. The van der Waals surface area contributed by atoms with E-state index in [0.29, 0.717) is 44.3 Å². The number of thiophene rings is 1. The Morgan fingerprint density at radius 3 is 2.63 bits per heavy atom. The van der Waals surface area contributed by atoms with Crippen LogP contribution in [-0.4, -0.2) is 29.7 Å². The van der Waals surface area contributed by atoms with Crippen LogP contribution in [0, 0.1) is 0 Å². The monoisotopic (exact) mass is 512 g/mol. The largest absolute Gasteiger partial charge is 0.490 e. The van der Waals surface area contributed by atoms with E-state index in [1.165, 1.54) is 29.6 Å². The van der Waals surface area contributed by atoms with E-state index in [9.17, 15) is 14.4 Å². The summed E-state index contributed by atoms with van der Waals surface area (Å²) in [5.41, 5.74) is 1.32. The third-order valence-corrected chi connectivity index (χ3v) is 7.06. The number of carbonyl (C=O) groups excluding carboxylic acids is 2. The zero-order chi connectivity index (χ0) is 25.1. The Morgan fingerprint density at radius 1 is 1.17 bits per heavy atom. The maximum Gasteiger partial charge on any atom is 0.338 e. The summed E-state index contributed by atoms with van der Waals surface area (Å²) in [6, 6.07) is 8.25. The smallest absolute Gasteiger partial charge is 0.338 e. The molecule has 8 nitrogen and oxygen atoms in total. The normalized spacial score (nSPS) is 15.4. The fraction of sp³-hybridized carbons (Fsp3) is 0.280. The zero-order valence-electron chi connectivity index (χ0n) is 19.7. The summed E-state index contributed by atoms with van der Waals surface area (Å²) in [5.74, 6) is -0.219. The highest BCUT2D eigenvalue weighted by Gasteiger charge is 2.33. The van der Waals surface area contributed by atoms with Crippen molar-refractivity contribution >= 4 is 40.7 Å². The number of ether oxygens (including phenoxy) is 3. The van der Waals surface area contributed by atoms with Crippen LogP contribution in [0.2, 0.25) is 0 Å². The van der Waals surface area contributed by atoms with Gasteiger partial charge in [-0.3, -0.25) is 14.2 Å². The molecule has 0 fully saturated rings. The summed E-state index contributed by atoms with van der Waals surface area (Å²) in [4.78, 5) is 43.7. The number of nitrogens with zero attached hydrogens (tertiary/aromatic N) is 2. The molecule has 1 aliphatic rings. The van der Waals surface area contributed by atoms with E-state index in [1.807, 2.05) is 24.4 Å². The van der Waals surface area contributed by atoms with Gasteiger partial charge in [-0.25, -0.2) is 9.79 Å². The topological polar surface area (TPSA) is 96.2 Å². The second kappa shape index (κ2) is 10.4. The van der Waals surface area contributed by atoms with E-state index in [-0.39, 0.29) is 12.2 Å². The molecule has 2 aromatic heterocycles. The van der Waals surface area contributed by atoms with Gasteiger partial charge in [0.05, 0.1) is 29.0 Å². The molecular weight excluding hydrogens is 488 g/mol. The van der Waals surface area contributed by atoms with Crippen molar-refractivity contribution in [2.45, 2.75) is 33.7 Å². The number of thiazole rings is 1. The maximum atomic E-state index is 13.6. The second-order valence-electron chi connectivity index (χ2n) is 7.55. The molecule has 182 valence electrons. The van der Waals surface area contributed by atoms with Gasteiger partial charge in [-0.1, -0.05) is 23.5 Å². The first-order valence-corrected chi connectivity index (χ1v) is 12.7. The molecule has 1 aromatic carbocycles. The van der Waals surface area contributed by atoms with Crippen LogP contribution in [-0.2, 0) is 14.3 Å². The summed E-state index contributed by atoms with van der Waals surface area (Å²) in [7, 11) is 0. The summed E-state index contributed by atoms with van der Waals surface area (Å²) in [5, 5.41) is 1.91. The van der Waals surface area contributed by atoms with Gasteiger partial charge in [-0.05, 0) is 56.0 Å². The highest BCUT2D eigenvalue weighted by molar-refractivity contribution is 7.10. The van der Waals surface area contributed by atoms with Gasteiger partial charge in [0.15, 0.2) is 16.3 Å². The molecule has 1 atom stereocenters. The van der Waals surface area contributed by atoms with Crippen LogP contribution in [0.15, 0.2) is 56.8 Å². The highest BCUT2D eigenvalue weighted by Crippen LogP contribution is 2.33. The summed E-state index contributed by atoms with van der Waals surface area (Å²) in [6.07, 6.45) is 1.73. The number of rotatable bonds is 7. The molecule has 3 aromatic rings. The lowest BCUT2D eigenvalue weighted by molar-refractivity contribution is -0.139. The number of hydrogen-bond acceptors (Lipinski definition) is 9. The Kier molecular flexibility index (Phi) is 7.32. The SMILES string of the molecule is CCOC(=O)C1=C(C)N=c2s/c(=C\c3ccc(OC(C)=O)c(OCC)c3)c(=O)n2[C@H]1c1cccs1. The predicted molar refractivity (Wildman–Crippen MR) is 134 cm³/mol. The molecule has 0 spiro atoms. The van der Waals surface area contributed by atoms with E-state index >= 15 is 0 Å². The number of allylic oxidation sites excluding steroid dienone is 1. The lowest BCUT2D eigenvalue weighted by Crippen LogP contribution is -2.39. The van der Waals surface area contributed by atoms with Crippen LogP contribution in [0.4, 0.5) is 0 Å². The van der Waals surface area contributed by atoms with Gasteiger partial charge in [0.1, 0.15) is 6.04 Å². The minimum Gasteiger partial charge on any atom is -0.490 e. The highest BCUT2D eigenvalue weighted by atomic mass is 32.1. The van der Waals surface area contributed by atoms with Crippen LogP contribution >= 0.6 is 22.7 Å². The molecule has 4 rings (SSSR count). The van der Waals surface area contributed by atoms with E-state index in [1.54, 1.807) is 42.7 Å². The van der Waals surface area contributed by atoms with Crippen LogP contribution in [0.1, 0.15) is 44.2 Å². The summed E-state index contributed by atoms with van der Waals surface area (Å²) >= 11 is 2.71. The quantitative estimate of drug-likeness (QED) is 0.356. The van der Waals surface area contributed by atoms with Crippen molar-refractivity contribution in [3.05, 3.63) is 77.1 Å². The third kappa shape index (κ3) is 4.98. The first-order valence-electron chi connectivity index (χ1n) is 11.0. The molecule has 0 N–H and O–H groups in total. The Labute approximate surface area is 209 Å². The Hall–Kier alpha value is -3.50. The van der Waals surface area contributed by atoms with Crippen LogP contribution in [0.3, 0.4) is 0 Å². The van der Waals surface area contributed by atoms with Gasteiger partial charge >= 0.3 is 11.9 Å². The van der Waals surface area contributed by atoms with Crippen molar-refractivity contribution in [2.24, 2.45) is 4.99 Å². The molecule has 0 saturated carbocycles. The number of hydrogen-bond donors (Lipinski definition) is 0. The predicted octanol–water partition coefficient (Wildman–Crippen LogP) is 3.18. The van der Waals surface area contributed by atoms with Gasteiger partial charge in [-0.15, -0.1) is 11.3 Å². The third-order valence-electron chi connectivity index (χ3n) is 5.15.